The van der Waals surface area contributed by atoms with Crippen molar-refractivity contribution in [3.05, 3.63) is 77.1 Å². The Hall–Kier alpha value is -2.57. The van der Waals surface area contributed by atoms with Crippen molar-refractivity contribution < 1.29 is 9.18 Å². The first-order valence-corrected chi connectivity index (χ1v) is 11.0. The van der Waals surface area contributed by atoms with Gasteiger partial charge in [0.05, 0.1) is 27.2 Å². The van der Waals surface area contributed by atoms with E-state index in [9.17, 15) is 9.18 Å². The second kappa shape index (κ2) is 9.06. The van der Waals surface area contributed by atoms with Crippen molar-refractivity contribution in [2.24, 2.45) is 5.92 Å². The summed E-state index contributed by atoms with van der Waals surface area (Å²) in [6, 6.07) is 14.6. The van der Waals surface area contributed by atoms with Crippen LogP contribution < -0.4 is 5.32 Å². The van der Waals surface area contributed by atoms with Crippen molar-refractivity contribution in [2.75, 3.05) is 20.6 Å². The molecule has 156 valence electrons. The third-order valence-corrected chi connectivity index (χ3v) is 6.89. The summed E-state index contributed by atoms with van der Waals surface area (Å²) in [7, 11) is 3.88. The number of carbonyl (C=O) groups is 1. The van der Waals surface area contributed by atoms with E-state index in [-0.39, 0.29) is 29.6 Å². The number of hydrogen-bond acceptors (Lipinski definition) is 4. The van der Waals surface area contributed by atoms with Crippen molar-refractivity contribution in [1.29, 1.82) is 0 Å². The Morgan fingerprint density at radius 2 is 2.00 bits per heavy atom. The first-order valence-electron chi connectivity index (χ1n) is 10.2. The number of halogens is 1. The molecule has 0 aliphatic heterocycles. The second-order valence-electron chi connectivity index (χ2n) is 7.96. The highest BCUT2D eigenvalue weighted by Crippen LogP contribution is 2.38. The van der Waals surface area contributed by atoms with Gasteiger partial charge in [-0.1, -0.05) is 36.4 Å². The first kappa shape index (κ1) is 20.7. The predicted octanol–water partition coefficient (Wildman–Crippen LogP) is 4.90. The van der Waals surface area contributed by atoms with Gasteiger partial charge in [-0.15, -0.1) is 11.3 Å². The molecule has 0 radical (unpaired) electrons. The molecule has 0 fully saturated rings. The lowest BCUT2D eigenvalue weighted by Gasteiger charge is -2.29. The van der Waals surface area contributed by atoms with E-state index in [1.54, 1.807) is 17.4 Å². The van der Waals surface area contributed by atoms with Crippen molar-refractivity contribution in [3.63, 3.8) is 0 Å². The number of aromatic nitrogens is 1. The molecule has 3 atom stereocenters. The molecule has 6 heteroatoms. The summed E-state index contributed by atoms with van der Waals surface area (Å²) in [6.07, 6.45) is 5.76. The number of benzene rings is 2. The summed E-state index contributed by atoms with van der Waals surface area (Å²) in [5, 5.41) is 4.15. The van der Waals surface area contributed by atoms with E-state index in [1.807, 2.05) is 43.3 Å². The smallest absolute Gasteiger partial charge is 0.224 e. The third kappa shape index (κ3) is 4.45. The minimum Gasteiger partial charge on any atom is -0.354 e. The normalized spacial score (nSPS) is 19.9. The van der Waals surface area contributed by atoms with Gasteiger partial charge in [0.25, 0.3) is 0 Å². The lowest BCUT2D eigenvalue weighted by Crippen LogP contribution is -2.39. The number of fused-ring (bicyclic) bond motifs is 1. The van der Waals surface area contributed by atoms with Crippen LogP contribution in [0.4, 0.5) is 4.39 Å². The summed E-state index contributed by atoms with van der Waals surface area (Å²) in [5.41, 5.74) is 1.84. The molecule has 1 aliphatic rings. The van der Waals surface area contributed by atoms with E-state index in [0.717, 1.165) is 27.2 Å². The summed E-state index contributed by atoms with van der Waals surface area (Å²) in [6.45, 7) is 0.433. The molecule has 30 heavy (non-hydrogen) atoms. The van der Waals surface area contributed by atoms with E-state index >= 15 is 0 Å². The average molecular weight is 424 g/mol. The topological polar surface area (TPSA) is 45.2 Å². The third-order valence-electron chi connectivity index (χ3n) is 5.72. The maximum absolute atomic E-state index is 13.7. The fourth-order valence-electron chi connectivity index (χ4n) is 4.07. The second-order valence-corrected chi connectivity index (χ2v) is 9.02. The molecule has 2 aromatic carbocycles. The number of thiazole rings is 1. The Kier molecular flexibility index (Phi) is 6.25. The van der Waals surface area contributed by atoms with Crippen LogP contribution in [0.1, 0.15) is 35.4 Å². The molecule has 0 saturated heterocycles. The molecule has 3 unspecified atom stereocenters. The summed E-state index contributed by atoms with van der Waals surface area (Å²) >= 11 is 1.68. The summed E-state index contributed by atoms with van der Waals surface area (Å²) in [5.74, 6) is -0.295. The van der Waals surface area contributed by atoms with Crippen LogP contribution in [-0.2, 0) is 4.79 Å². The van der Waals surface area contributed by atoms with Crippen LogP contribution in [0.5, 0.6) is 0 Å². The molecule has 4 nitrogen and oxygen atoms in total. The Balaban J connectivity index is 1.50. The molecule has 0 bridgehead atoms. The lowest BCUT2D eigenvalue weighted by molar-refractivity contribution is -0.126. The summed E-state index contributed by atoms with van der Waals surface area (Å²) in [4.78, 5) is 20.0. The van der Waals surface area contributed by atoms with Crippen molar-refractivity contribution >= 4 is 27.5 Å². The predicted molar refractivity (Wildman–Crippen MR) is 120 cm³/mol. The van der Waals surface area contributed by atoms with Gasteiger partial charge in [0.15, 0.2) is 0 Å². The number of para-hydroxylation sites is 1. The SMILES string of the molecule is CN(C)C(CNC(=O)C1CC=CCC1c1nc2ccccc2s1)c1cccc(F)c1. The van der Waals surface area contributed by atoms with Crippen LogP contribution in [0.25, 0.3) is 10.2 Å². The molecule has 1 aliphatic carbocycles. The number of hydrogen-bond donors (Lipinski definition) is 1. The standard InChI is InChI=1S/C24H26FN3OS/c1-28(2)21(16-8-7-9-17(25)14-16)15-26-23(29)18-10-3-4-11-19(18)24-27-20-12-5-6-13-22(20)30-24/h3-9,12-14,18-19,21H,10-11,15H2,1-2H3,(H,26,29). The minimum atomic E-state index is -0.265. The number of rotatable bonds is 6. The molecule has 1 N–H and O–H groups in total. The van der Waals surface area contributed by atoms with Crippen LogP contribution in [0, 0.1) is 11.7 Å². The van der Waals surface area contributed by atoms with Crippen LogP contribution in [0.3, 0.4) is 0 Å². The zero-order valence-corrected chi connectivity index (χ0v) is 18.0. The van der Waals surface area contributed by atoms with Gasteiger partial charge in [-0.05, 0) is 56.8 Å². The van der Waals surface area contributed by atoms with Crippen molar-refractivity contribution in [1.82, 2.24) is 15.2 Å². The number of nitrogens with one attached hydrogen (secondary N) is 1. The highest BCUT2D eigenvalue weighted by molar-refractivity contribution is 7.18. The lowest BCUT2D eigenvalue weighted by atomic mass is 9.82. The molecule has 1 aromatic heterocycles. The fraction of sp³-hybridized carbons (Fsp3) is 0.333. The monoisotopic (exact) mass is 423 g/mol. The van der Waals surface area contributed by atoms with Gasteiger partial charge >= 0.3 is 0 Å². The molecule has 3 aromatic rings. The van der Waals surface area contributed by atoms with Gasteiger partial charge in [-0.2, -0.15) is 0 Å². The number of allylic oxidation sites excluding steroid dienone is 2. The number of nitrogens with zero attached hydrogens (tertiary/aromatic N) is 2. The number of likely N-dealkylation sites (N-methyl/N-ethyl adjacent to an activating group) is 1. The van der Waals surface area contributed by atoms with Gasteiger partial charge < -0.3 is 10.2 Å². The Morgan fingerprint density at radius 1 is 1.20 bits per heavy atom. The van der Waals surface area contributed by atoms with Crippen LogP contribution in [-0.4, -0.2) is 36.4 Å². The van der Waals surface area contributed by atoms with E-state index in [4.69, 9.17) is 4.98 Å². The Morgan fingerprint density at radius 3 is 2.77 bits per heavy atom. The van der Waals surface area contributed by atoms with Crippen molar-refractivity contribution in [2.45, 2.75) is 24.8 Å². The maximum atomic E-state index is 13.7. The minimum absolute atomic E-state index is 0.0341. The Bertz CT molecular complexity index is 1030. The zero-order valence-electron chi connectivity index (χ0n) is 17.2. The van der Waals surface area contributed by atoms with E-state index in [2.05, 4.69) is 23.5 Å². The van der Waals surface area contributed by atoms with Crippen molar-refractivity contribution in [3.8, 4) is 0 Å². The molecule has 4 rings (SSSR count). The average Bonchev–Trinajstić information content (AvgIpc) is 3.18. The van der Waals surface area contributed by atoms with Gasteiger partial charge in [0.1, 0.15) is 5.82 Å². The molecule has 1 amide bonds. The van der Waals surface area contributed by atoms with Gasteiger partial charge in [0, 0.05) is 12.5 Å². The van der Waals surface area contributed by atoms with Crippen LogP contribution in [0.2, 0.25) is 0 Å². The molecular formula is C24H26FN3OS. The van der Waals surface area contributed by atoms with Gasteiger partial charge in [0.2, 0.25) is 5.91 Å². The molecule has 1 heterocycles. The largest absolute Gasteiger partial charge is 0.354 e. The van der Waals surface area contributed by atoms with Crippen LogP contribution in [0.15, 0.2) is 60.7 Å². The van der Waals surface area contributed by atoms with E-state index in [0.29, 0.717) is 13.0 Å². The fourth-order valence-corrected chi connectivity index (χ4v) is 5.21. The maximum Gasteiger partial charge on any atom is 0.224 e. The quantitative estimate of drug-likeness (QED) is 0.574. The number of carbonyl (C=O) groups excluding carboxylic acids is 1. The van der Waals surface area contributed by atoms with Gasteiger partial charge in [-0.25, -0.2) is 9.37 Å². The highest BCUT2D eigenvalue weighted by Gasteiger charge is 2.32. The molecule has 0 saturated carbocycles. The summed E-state index contributed by atoms with van der Waals surface area (Å²) < 4.78 is 14.8. The molecular weight excluding hydrogens is 397 g/mol. The number of amides is 1. The highest BCUT2D eigenvalue weighted by atomic mass is 32.1. The van der Waals surface area contributed by atoms with Crippen LogP contribution >= 0.6 is 11.3 Å². The van der Waals surface area contributed by atoms with E-state index < -0.39 is 0 Å². The Labute approximate surface area is 180 Å². The molecule has 0 spiro atoms. The van der Waals surface area contributed by atoms with Gasteiger partial charge in [-0.3, -0.25) is 4.79 Å². The zero-order chi connectivity index (χ0) is 21.1. The first-order chi connectivity index (χ1) is 14.5. The van der Waals surface area contributed by atoms with E-state index in [1.165, 1.54) is 12.1 Å².